The molecule has 1 fully saturated rings. The molecule has 0 saturated heterocycles. The Kier molecular flexibility index (Phi) is 4.25. The van der Waals surface area contributed by atoms with E-state index in [1.165, 1.54) is 0 Å². The van der Waals surface area contributed by atoms with Gasteiger partial charge in [-0.3, -0.25) is 4.79 Å². The summed E-state index contributed by atoms with van der Waals surface area (Å²) in [5.41, 5.74) is 0.112. The van der Waals surface area contributed by atoms with Crippen LogP contribution in [0.1, 0.15) is 49.9 Å². The zero-order valence-corrected chi connectivity index (χ0v) is 11.7. The highest BCUT2D eigenvalue weighted by Gasteiger charge is 2.31. The Balaban J connectivity index is 1.85. The average Bonchev–Trinajstić information content (AvgIpc) is 2.39. The van der Waals surface area contributed by atoms with E-state index in [-0.39, 0.29) is 11.9 Å². The lowest BCUT2D eigenvalue weighted by molar-refractivity contribution is -0.00257. The van der Waals surface area contributed by atoms with Crippen LogP contribution in [0, 0.1) is 5.92 Å². The second kappa shape index (κ2) is 5.74. The third-order valence-corrected chi connectivity index (χ3v) is 4.10. The molecule has 1 aromatic rings. The summed E-state index contributed by atoms with van der Waals surface area (Å²) in [6, 6.07) is 9.56. The van der Waals surface area contributed by atoms with Gasteiger partial charge in [-0.25, -0.2) is 0 Å². The lowest BCUT2D eigenvalue weighted by atomic mass is 9.77. The van der Waals surface area contributed by atoms with Crippen LogP contribution in [0.15, 0.2) is 30.3 Å². The molecular weight excluding hydrogens is 238 g/mol. The van der Waals surface area contributed by atoms with Gasteiger partial charge in [0.1, 0.15) is 0 Å². The maximum absolute atomic E-state index is 12.0. The van der Waals surface area contributed by atoms with Crippen molar-refractivity contribution in [1.29, 1.82) is 0 Å². The van der Waals surface area contributed by atoms with Crippen molar-refractivity contribution in [3.8, 4) is 0 Å². The minimum absolute atomic E-state index is 0.00677. The molecule has 1 aromatic carbocycles. The van der Waals surface area contributed by atoms with Crippen molar-refractivity contribution < 1.29 is 9.90 Å². The van der Waals surface area contributed by atoms with Gasteiger partial charge >= 0.3 is 0 Å². The van der Waals surface area contributed by atoms with Crippen molar-refractivity contribution in [2.24, 2.45) is 5.92 Å². The summed E-state index contributed by atoms with van der Waals surface area (Å²) in [4.78, 5) is 12.0. The highest BCUT2D eigenvalue weighted by Crippen LogP contribution is 2.32. The Morgan fingerprint density at radius 2 is 1.74 bits per heavy atom. The predicted molar refractivity (Wildman–Crippen MR) is 76.0 cm³/mol. The van der Waals surface area contributed by atoms with Crippen LogP contribution in [0.4, 0.5) is 0 Å². The zero-order chi connectivity index (χ0) is 13.9. The Bertz CT molecular complexity index is 414. The van der Waals surface area contributed by atoms with Crippen molar-refractivity contribution in [1.82, 2.24) is 5.32 Å². The molecule has 104 valence electrons. The number of benzene rings is 1. The van der Waals surface area contributed by atoms with Crippen LogP contribution in [0.3, 0.4) is 0 Å². The maximum Gasteiger partial charge on any atom is 0.251 e. The molecule has 0 aromatic heterocycles. The van der Waals surface area contributed by atoms with E-state index in [9.17, 15) is 9.90 Å². The summed E-state index contributed by atoms with van der Waals surface area (Å²) < 4.78 is 0. The van der Waals surface area contributed by atoms with Crippen LogP contribution in [-0.2, 0) is 0 Å². The highest BCUT2D eigenvalue weighted by atomic mass is 16.3. The lowest BCUT2D eigenvalue weighted by Crippen LogP contribution is -2.41. The Morgan fingerprint density at radius 1 is 1.16 bits per heavy atom. The van der Waals surface area contributed by atoms with Gasteiger partial charge in [0.2, 0.25) is 0 Å². The van der Waals surface area contributed by atoms with E-state index >= 15 is 0 Å². The molecule has 3 heteroatoms. The number of amides is 1. The second-order valence-corrected chi connectivity index (χ2v) is 6.04. The summed E-state index contributed by atoms with van der Waals surface area (Å²) in [6.07, 6.45) is 3.85. The van der Waals surface area contributed by atoms with Crippen molar-refractivity contribution in [3.63, 3.8) is 0 Å². The molecule has 0 spiro atoms. The van der Waals surface area contributed by atoms with Gasteiger partial charge in [-0.2, -0.15) is 0 Å². The van der Waals surface area contributed by atoms with E-state index in [0.29, 0.717) is 11.5 Å². The van der Waals surface area contributed by atoms with Crippen LogP contribution >= 0.6 is 0 Å². The molecule has 3 nitrogen and oxygen atoms in total. The Hall–Kier alpha value is -1.35. The number of carbonyl (C=O) groups is 1. The van der Waals surface area contributed by atoms with Gasteiger partial charge in [0.25, 0.3) is 5.91 Å². The fraction of sp³-hybridized carbons (Fsp3) is 0.562. The Morgan fingerprint density at radius 3 is 2.26 bits per heavy atom. The van der Waals surface area contributed by atoms with Crippen LogP contribution in [0.2, 0.25) is 0 Å². The number of hydrogen-bond acceptors (Lipinski definition) is 2. The summed E-state index contributed by atoms with van der Waals surface area (Å²) >= 11 is 0. The largest absolute Gasteiger partial charge is 0.390 e. The quantitative estimate of drug-likeness (QED) is 0.879. The van der Waals surface area contributed by atoms with Gasteiger partial charge in [-0.05, 0) is 57.6 Å². The smallest absolute Gasteiger partial charge is 0.251 e. The molecule has 1 amide bonds. The molecule has 0 radical (unpaired) electrons. The molecule has 0 atom stereocenters. The minimum atomic E-state index is -0.603. The number of rotatable bonds is 3. The van der Waals surface area contributed by atoms with E-state index in [2.05, 4.69) is 5.32 Å². The van der Waals surface area contributed by atoms with Crippen molar-refractivity contribution in [2.75, 3.05) is 0 Å². The third-order valence-electron chi connectivity index (χ3n) is 4.10. The van der Waals surface area contributed by atoms with Gasteiger partial charge in [0.05, 0.1) is 5.60 Å². The molecular formula is C16H23NO2. The first kappa shape index (κ1) is 14.1. The molecule has 0 aliphatic heterocycles. The van der Waals surface area contributed by atoms with Gasteiger partial charge < -0.3 is 10.4 Å². The third kappa shape index (κ3) is 3.80. The highest BCUT2D eigenvalue weighted by molar-refractivity contribution is 5.94. The molecule has 0 bridgehead atoms. The van der Waals surface area contributed by atoms with Gasteiger partial charge in [-0.1, -0.05) is 18.2 Å². The molecule has 1 aliphatic rings. The fourth-order valence-corrected chi connectivity index (χ4v) is 2.80. The first-order valence-corrected chi connectivity index (χ1v) is 7.05. The summed E-state index contributed by atoms with van der Waals surface area (Å²) in [7, 11) is 0. The van der Waals surface area contributed by atoms with Crippen molar-refractivity contribution >= 4 is 5.91 Å². The molecule has 19 heavy (non-hydrogen) atoms. The second-order valence-electron chi connectivity index (χ2n) is 6.04. The van der Waals surface area contributed by atoms with E-state index in [1.807, 2.05) is 44.2 Å². The molecule has 0 unspecified atom stereocenters. The molecule has 2 rings (SSSR count). The predicted octanol–water partition coefficient (Wildman–Crippen LogP) is 2.75. The van der Waals surface area contributed by atoms with Gasteiger partial charge in [0, 0.05) is 11.6 Å². The number of aliphatic hydroxyl groups is 1. The Labute approximate surface area is 115 Å². The molecule has 2 N–H and O–H groups in total. The van der Waals surface area contributed by atoms with E-state index < -0.39 is 5.60 Å². The summed E-state index contributed by atoms with van der Waals surface area (Å²) in [5, 5.41) is 13.1. The van der Waals surface area contributed by atoms with Gasteiger partial charge in [0.15, 0.2) is 0 Å². The first-order valence-electron chi connectivity index (χ1n) is 7.05. The number of carbonyl (C=O) groups excluding carboxylic acids is 1. The van der Waals surface area contributed by atoms with Crippen molar-refractivity contribution in [2.45, 2.75) is 51.2 Å². The topological polar surface area (TPSA) is 49.3 Å². The standard InChI is InChI=1S/C16H23NO2/c1-16(2,19)13-8-10-14(11-9-13)17-15(18)12-6-4-3-5-7-12/h3-7,13-14,19H,8-11H2,1-2H3,(H,17,18). The zero-order valence-electron chi connectivity index (χ0n) is 11.7. The molecule has 1 saturated carbocycles. The fourth-order valence-electron chi connectivity index (χ4n) is 2.80. The normalized spacial score (nSPS) is 23.9. The number of nitrogens with one attached hydrogen (secondary N) is 1. The van der Waals surface area contributed by atoms with E-state index in [0.717, 1.165) is 25.7 Å². The maximum atomic E-state index is 12.0. The van der Waals surface area contributed by atoms with E-state index in [4.69, 9.17) is 0 Å². The van der Waals surface area contributed by atoms with Crippen LogP contribution in [-0.4, -0.2) is 22.7 Å². The van der Waals surface area contributed by atoms with Crippen LogP contribution in [0.5, 0.6) is 0 Å². The monoisotopic (exact) mass is 261 g/mol. The van der Waals surface area contributed by atoms with Crippen LogP contribution < -0.4 is 5.32 Å². The van der Waals surface area contributed by atoms with Gasteiger partial charge in [-0.15, -0.1) is 0 Å². The molecule has 0 heterocycles. The first-order chi connectivity index (χ1) is 8.97. The van der Waals surface area contributed by atoms with Crippen LogP contribution in [0.25, 0.3) is 0 Å². The van der Waals surface area contributed by atoms with Crippen molar-refractivity contribution in [3.05, 3.63) is 35.9 Å². The summed E-state index contributed by atoms with van der Waals surface area (Å²) in [6.45, 7) is 3.75. The minimum Gasteiger partial charge on any atom is -0.390 e. The number of hydrogen-bond donors (Lipinski definition) is 2. The molecule has 1 aliphatic carbocycles. The summed E-state index contributed by atoms with van der Waals surface area (Å²) in [5.74, 6) is 0.352. The van der Waals surface area contributed by atoms with E-state index in [1.54, 1.807) is 0 Å². The SMILES string of the molecule is CC(C)(O)C1CCC(NC(=O)c2ccccc2)CC1. The lowest BCUT2D eigenvalue weighted by Gasteiger charge is -2.36. The average molecular weight is 261 g/mol.